The zero-order chi connectivity index (χ0) is 17.4. The molecule has 2 aromatic heterocycles. The molecule has 0 radical (unpaired) electrons. The highest BCUT2D eigenvalue weighted by Gasteiger charge is 2.32. The summed E-state index contributed by atoms with van der Waals surface area (Å²) >= 11 is 0. The van der Waals surface area contributed by atoms with Gasteiger partial charge in [0.15, 0.2) is 5.69 Å². The molecular weight excluding hydrogens is 320 g/mol. The molecule has 4 rings (SSSR count). The van der Waals surface area contributed by atoms with Gasteiger partial charge in [0.2, 0.25) is 0 Å². The molecule has 0 spiro atoms. The van der Waals surface area contributed by atoms with Crippen molar-refractivity contribution >= 4 is 5.91 Å². The van der Waals surface area contributed by atoms with Gasteiger partial charge in [0, 0.05) is 24.2 Å². The summed E-state index contributed by atoms with van der Waals surface area (Å²) in [6.07, 6.45) is 3.70. The fraction of sp³-hybridized carbons (Fsp3) is 0.556. The van der Waals surface area contributed by atoms with Crippen LogP contribution in [0.4, 0.5) is 0 Å². The maximum absolute atomic E-state index is 13.0. The lowest BCUT2D eigenvalue weighted by Gasteiger charge is -2.32. The summed E-state index contributed by atoms with van der Waals surface area (Å²) in [5.41, 5.74) is 3.20. The molecule has 2 aliphatic rings. The second kappa shape index (κ2) is 6.55. The van der Waals surface area contributed by atoms with Crippen LogP contribution in [0.1, 0.15) is 58.0 Å². The second-order valence-electron chi connectivity index (χ2n) is 6.73. The minimum absolute atomic E-state index is 0.0669. The third kappa shape index (κ3) is 3.16. The number of morpholine rings is 1. The van der Waals surface area contributed by atoms with Crippen LogP contribution in [0, 0.1) is 13.8 Å². The lowest BCUT2D eigenvalue weighted by Crippen LogP contribution is -2.43. The average Bonchev–Trinajstić information content (AvgIpc) is 3.04. The maximum Gasteiger partial charge on any atom is 0.276 e. The molecule has 1 saturated heterocycles. The van der Waals surface area contributed by atoms with E-state index in [2.05, 4.69) is 15.1 Å². The normalized spacial score (nSPS) is 20.4. The highest BCUT2D eigenvalue weighted by molar-refractivity contribution is 5.94. The molecular formula is C18H22N4O3. The largest absolute Gasteiger partial charge is 0.368 e. The van der Waals surface area contributed by atoms with Gasteiger partial charge in [-0.2, -0.15) is 0 Å². The van der Waals surface area contributed by atoms with Gasteiger partial charge in [-0.05, 0) is 39.2 Å². The lowest BCUT2D eigenvalue weighted by atomic mass is 9.96. The van der Waals surface area contributed by atoms with Crippen molar-refractivity contribution in [3.05, 3.63) is 40.3 Å². The number of hydrogen-bond donors (Lipinski definition) is 0. The van der Waals surface area contributed by atoms with Crippen LogP contribution in [0.5, 0.6) is 0 Å². The summed E-state index contributed by atoms with van der Waals surface area (Å²) in [4.78, 5) is 23.5. The summed E-state index contributed by atoms with van der Waals surface area (Å²) < 4.78 is 11.2. The van der Waals surface area contributed by atoms with Gasteiger partial charge < -0.3 is 14.2 Å². The van der Waals surface area contributed by atoms with E-state index >= 15 is 0 Å². The van der Waals surface area contributed by atoms with Crippen LogP contribution < -0.4 is 0 Å². The Morgan fingerprint density at radius 1 is 1.24 bits per heavy atom. The number of ether oxygens (including phenoxy) is 1. The van der Waals surface area contributed by atoms with Crippen molar-refractivity contribution in [2.24, 2.45) is 0 Å². The lowest BCUT2D eigenvalue weighted by molar-refractivity contribution is -0.0252. The van der Waals surface area contributed by atoms with Crippen LogP contribution in [-0.2, 0) is 17.6 Å². The van der Waals surface area contributed by atoms with Gasteiger partial charge in [-0.1, -0.05) is 5.16 Å². The predicted molar refractivity (Wildman–Crippen MR) is 89.2 cm³/mol. The molecule has 1 atom stereocenters. The first-order chi connectivity index (χ1) is 12.1. The number of nitrogens with zero attached hydrogens (tertiary/aromatic N) is 4. The minimum atomic E-state index is -0.235. The summed E-state index contributed by atoms with van der Waals surface area (Å²) in [5, 5.41) is 4.07. The van der Waals surface area contributed by atoms with E-state index in [0.29, 0.717) is 31.2 Å². The van der Waals surface area contributed by atoms with Gasteiger partial charge in [0.25, 0.3) is 5.91 Å². The SMILES string of the molecule is Cc1cc(C2CN(C(=O)c3noc4c3CCCC4)CCO2)nc(C)n1. The van der Waals surface area contributed by atoms with Crippen molar-refractivity contribution in [2.45, 2.75) is 45.6 Å². The molecule has 25 heavy (non-hydrogen) atoms. The zero-order valence-corrected chi connectivity index (χ0v) is 14.6. The smallest absolute Gasteiger partial charge is 0.276 e. The molecule has 0 bridgehead atoms. The predicted octanol–water partition coefficient (Wildman–Crippen LogP) is 2.17. The van der Waals surface area contributed by atoms with Crippen LogP contribution in [-0.4, -0.2) is 45.6 Å². The Kier molecular flexibility index (Phi) is 4.25. The molecule has 1 aliphatic heterocycles. The average molecular weight is 342 g/mol. The number of carbonyl (C=O) groups excluding carboxylic acids is 1. The number of fused-ring (bicyclic) bond motifs is 1. The van der Waals surface area contributed by atoms with Gasteiger partial charge in [-0.25, -0.2) is 9.97 Å². The van der Waals surface area contributed by atoms with Gasteiger partial charge in [-0.3, -0.25) is 4.79 Å². The zero-order valence-electron chi connectivity index (χ0n) is 14.6. The van der Waals surface area contributed by atoms with Crippen molar-refractivity contribution in [1.29, 1.82) is 0 Å². The highest BCUT2D eigenvalue weighted by atomic mass is 16.5. The van der Waals surface area contributed by atoms with E-state index in [-0.39, 0.29) is 12.0 Å². The number of amides is 1. The topological polar surface area (TPSA) is 81.4 Å². The van der Waals surface area contributed by atoms with E-state index in [1.54, 1.807) is 4.90 Å². The van der Waals surface area contributed by atoms with Crippen LogP contribution in [0.15, 0.2) is 10.6 Å². The maximum atomic E-state index is 13.0. The Balaban J connectivity index is 1.55. The number of carbonyl (C=O) groups is 1. The fourth-order valence-corrected chi connectivity index (χ4v) is 3.63. The molecule has 132 valence electrons. The van der Waals surface area contributed by atoms with E-state index in [4.69, 9.17) is 9.26 Å². The number of aromatic nitrogens is 3. The van der Waals surface area contributed by atoms with E-state index < -0.39 is 0 Å². The third-order valence-electron chi connectivity index (χ3n) is 4.82. The molecule has 0 N–H and O–H groups in total. The molecule has 1 amide bonds. The van der Waals surface area contributed by atoms with Gasteiger partial charge in [0.1, 0.15) is 17.7 Å². The second-order valence-corrected chi connectivity index (χ2v) is 6.73. The number of aryl methyl sites for hydroxylation is 3. The van der Waals surface area contributed by atoms with E-state index in [1.165, 1.54) is 0 Å². The molecule has 1 fully saturated rings. The summed E-state index contributed by atoms with van der Waals surface area (Å²) in [6.45, 7) is 5.31. The van der Waals surface area contributed by atoms with Crippen molar-refractivity contribution in [1.82, 2.24) is 20.0 Å². The summed E-state index contributed by atoms with van der Waals surface area (Å²) in [7, 11) is 0. The quantitative estimate of drug-likeness (QED) is 0.832. The highest BCUT2D eigenvalue weighted by Crippen LogP contribution is 2.27. The molecule has 2 aromatic rings. The molecule has 7 nitrogen and oxygen atoms in total. The standard InChI is InChI=1S/C18H22N4O3/c1-11-9-14(20-12(2)19-11)16-10-22(7-8-24-16)18(23)17-13-5-3-4-6-15(13)25-21-17/h9,16H,3-8,10H2,1-2H3. The molecule has 0 aromatic carbocycles. The monoisotopic (exact) mass is 342 g/mol. The number of rotatable bonds is 2. The Labute approximate surface area is 146 Å². The molecule has 1 unspecified atom stereocenters. The first kappa shape index (κ1) is 16.2. The van der Waals surface area contributed by atoms with Crippen LogP contribution in [0.2, 0.25) is 0 Å². The molecule has 3 heterocycles. The van der Waals surface area contributed by atoms with Crippen LogP contribution in [0.3, 0.4) is 0 Å². The Bertz CT molecular complexity index is 781. The first-order valence-corrected chi connectivity index (χ1v) is 8.82. The van der Waals surface area contributed by atoms with Crippen molar-refractivity contribution in [2.75, 3.05) is 19.7 Å². The van der Waals surface area contributed by atoms with Gasteiger partial charge >= 0.3 is 0 Å². The third-order valence-corrected chi connectivity index (χ3v) is 4.82. The van der Waals surface area contributed by atoms with Crippen LogP contribution in [0.25, 0.3) is 0 Å². The molecule has 7 heteroatoms. The Morgan fingerprint density at radius 3 is 2.92 bits per heavy atom. The van der Waals surface area contributed by atoms with Crippen molar-refractivity contribution in [3.8, 4) is 0 Å². The van der Waals surface area contributed by atoms with E-state index in [9.17, 15) is 4.79 Å². The molecule has 0 saturated carbocycles. The van der Waals surface area contributed by atoms with E-state index in [1.807, 2.05) is 19.9 Å². The minimum Gasteiger partial charge on any atom is -0.368 e. The summed E-state index contributed by atoms with van der Waals surface area (Å²) in [5.74, 6) is 1.52. The Morgan fingerprint density at radius 2 is 2.08 bits per heavy atom. The molecule has 1 aliphatic carbocycles. The number of hydrogen-bond acceptors (Lipinski definition) is 6. The first-order valence-electron chi connectivity index (χ1n) is 8.82. The Hall–Kier alpha value is -2.28. The van der Waals surface area contributed by atoms with Crippen molar-refractivity contribution in [3.63, 3.8) is 0 Å². The summed E-state index contributed by atoms with van der Waals surface area (Å²) in [6, 6.07) is 1.92. The van der Waals surface area contributed by atoms with Gasteiger partial charge in [-0.15, -0.1) is 0 Å². The fourth-order valence-electron chi connectivity index (χ4n) is 3.63. The van der Waals surface area contributed by atoms with Crippen LogP contribution >= 0.6 is 0 Å². The van der Waals surface area contributed by atoms with Gasteiger partial charge in [0.05, 0.1) is 18.8 Å². The van der Waals surface area contributed by atoms with Crippen molar-refractivity contribution < 1.29 is 14.1 Å². The van der Waals surface area contributed by atoms with E-state index in [0.717, 1.165) is 48.4 Å².